The molecule has 1 fully saturated rings. The lowest BCUT2D eigenvalue weighted by molar-refractivity contribution is 0.309. The molecule has 1 heterocycles. The van der Waals surface area contributed by atoms with E-state index in [0.717, 1.165) is 25.6 Å². The first-order valence-corrected chi connectivity index (χ1v) is 8.81. The molecule has 1 saturated heterocycles. The highest BCUT2D eigenvalue weighted by molar-refractivity contribution is 5.79. The number of guanidine groups is 1. The van der Waals surface area contributed by atoms with Gasteiger partial charge in [0.25, 0.3) is 0 Å². The van der Waals surface area contributed by atoms with Gasteiger partial charge in [0.15, 0.2) is 5.96 Å². The Morgan fingerprint density at radius 1 is 1.26 bits per heavy atom. The van der Waals surface area contributed by atoms with Crippen LogP contribution >= 0.6 is 0 Å². The van der Waals surface area contributed by atoms with Crippen LogP contribution in [0.3, 0.4) is 0 Å². The zero-order chi connectivity index (χ0) is 16.7. The maximum absolute atomic E-state index is 4.82. The number of nitrogens with zero attached hydrogens (tertiary/aromatic N) is 2. The first-order chi connectivity index (χ1) is 11.0. The van der Waals surface area contributed by atoms with Crippen molar-refractivity contribution in [2.75, 3.05) is 33.2 Å². The van der Waals surface area contributed by atoms with E-state index in [0.29, 0.717) is 6.04 Å². The monoisotopic (exact) mass is 316 g/mol. The number of hydrogen-bond acceptors (Lipinski definition) is 2. The standard InChI is InChI=1S/C19H32N4/c1-5-20-18(21-14-17-12-9-13-23(17)4)22-15-19(2,3)16-10-7-6-8-11-16/h6-8,10-11,17H,5,9,12-15H2,1-4H3,(H2,20,21,22). The Labute approximate surface area is 141 Å². The summed E-state index contributed by atoms with van der Waals surface area (Å²) in [5.41, 5.74) is 1.36. The quantitative estimate of drug-likeness (QED) is 0.626. The molecule has 0 aromatic heterocycles. The molecular formula is C19H32N4. The number of likely N-dealkylation sites (tertiary alicyclic amines) is 1. The molecule has 23 heavy (non-hydrogen) atoms. The van der Waals surface area contributed by atoms with Crippen molar-refractivity contribution < 1.29 is 0 Å². The van der Waals surface area contributed by atoms with Gasteiger partial charge in [-0.05, 0) is 38.9 Å². The topological polar surface area (TPSA) is 39.7 Å². The van der Waals surface area contributed by atoms with Gasteiger partial charge in [-0.15, -0.1) is 0 Å². The van der Waals surface area contributed by atoms with Gasteiger partial charge in [-0.25, -0.2) is 0 Å². The molecule has 2 rings (SSSR count). The van der Waals surface area contributed by atoms with Gasteiger partial charge in [-0.1, -0.05) is 44.2 Å². The zero-order valence-electron chi connectivity index (χ0n) is 15.1. The molecule has 1 atom stereocenters. The fourth-order valence-corrected chi connectivity index (χ4v) is 3.05. The maximum atomic E-state index is 4.82. The smallest absolute Gasteiger partial charge is 0.191 e. The molecule has 0 spiro atoms. The lowest BCUT2D eigenvalue weighted by atomic mass is 9.85. The van der Waals surface area contributed by atoms with Gasteiger partial charge in [0.1, 0.15) is 0 Å². The van der Waals surface area contributed by atoms with E-state index in [2.05, 4.69) is 73.7 Å². The summed E-state index contributed by atoms with van der Waals surface area (Å²) < 4.78 is 0. The van der Waals surface area contributed by atoms with Crippen LogP contribution in [0.1, 0.15) is 39.2 Å². The normalized spacial score (nSPS) is 19.8. The van der Waals surface area contributed by atoms with Gasteiger partial charge in [0.2, 0.25) is 0 Å². The predicted octanol–water partition coefficient (Wildman–Crippen LogP) is 2.61. The molecule has 1 unspecified atom stereocenters. The van der Waals surface area contributed by atoms with Crippen molar-refractivity contribution in [1.29, 1.82) is 0 Å². The van der Waals surface area contributed by atoms with Gasteiger partial charge in [0, 0.05) is 24.5 Å². The molecular weight excluding hydrogens is 284 g/mol. The third-order valence-electron chi connectivity index (χ3n) is 4.71. The number of hydrogen-bond donors (Lipinski definition) is 2. The lowest BCUT2D eigenvalue weighted by Gasteiger charge is -2.25. The molecule has 1 aliphatic rings. The second-order valence-electron chi connectivity index (χ2n) is 7.10. The summed E-state index contributed by atoms with van der Waals surface area (Å²) >= 11 is 0. The largest absolute Gasteiger partial charge is 0.357 e. The number of benzene rings is 1. The first kappa shape index (κ1) is 17.8. The second-order valence-corrected chi connectivity index (χ2v) is 7.10. The number of likely N-dealkylation sites (N-methyl/N-ethyl adjacent to an activating group) is 1. The molecule has 1 aromatic rings. The molecule has 0 amide bonds. The van der Waals surface area contributed by atoms with Gasteiger partial charge >= 0.3 is 0 Å². The van der Waals surface area contributed by atoms with Crippen LogP contribution in [0.5, 0.6) is 0 Å². The molecule has 0 radical (unpaired) electrons. The van der Waals surface area contributed by atoms with E-state index < -0.39 is 0 Å². The van der Waals surface area contributed by atoms with Crippen LogP contribution < -0.4 is 10.6 Å². The van der Waals surface area contributed by atoms with Crippen LogP contribution in [0, 0.1) is 0 Å². The molecule has 0 saturated carbocycles. The minimum Gasteiger partial charge on any atom is -0.357 e. The predicted molar refractivity (Wildman–Crippen MR) is 99.1 cm³/mol. The lowest BCUT2D eigenvalue weighted by Crippen LogP contribution is -2.44. The molecule has 4 heteroatoms. The van der Waals surface area contributed by atoms with Crippen LogP contribution in [0.25, 0.3) is 0 Å². The zero-order valence-corrected chi connectivity index (χ0v) is 15.1. The van der Waals surface area contributed by atoms with E-state index in [-0.39, 0.29) is 5.41 Å². The number of aliphatic imine (C=N–C) groups is 1. The van der Waals surface area contributed by atoms with Gasteiger partial charge in [-0.3, -0.25) is 4.99 Å². The maximum Gasteiger partial charge on any atom is 0.191 e. The van der Waals surface area contributed by atoms with Crippen molar-refractivity contribution in [3.8, 4) is 0 Å². The van der Waals surface area contributed by atoms with Crippen LogP contribution in [0.2, 0.25) is 0 Å². The van der Waals surface area contributed by atoms with Crippen molar-refractivity contribution in [3.63, 3.8) is 0 Å². The van der Waals surface area contributed by atoms with E-state index >= 15 is 0 Å². The minimum absolute atomic E-state index is 0.0355. The molecule has 128 valence electrons. The highest BCUT2D eigenvalue weighted by Gasteiger charge is 2.22. The number of nitrogens with one attached hydrogen (secondary N) is 2. The summed E-state index contributed by atoms with van der Waals surface area (Å²) in [5, 5.41) is 6.88. The van der Waals surface area contributed by atoms with Crippen LogP contribution in [-0.2, 0) is 5.41 Å². The van der Waals surface area contributed by atoms with Crippen molar-refractivity contribution >= 4 is 5.96 Å². The SMILES string of the molecule is CCNC(=NCC(C)(C)c1ccccc1)NCC1CCCN1C. The molecule has 0 bridgehead atoms. The van der Waals surface area contributed by atoms with Crippen LogP contribution in [-0.4, -0.2) is 50.1 Å². The van der Waals surface area contributed by atoms with E-state index in [1.54, 1.807) is 0 Å². The third kappa shape index (κ3) is 5.24. The van der Waals surface area contributed by atoms with Crippen molar-refractivity contribution in [2.24, 2.45) is 4.99 Å². The van der Waals surface area contributed by atoms with E-state index in [9.17, 15) is 0 Å². The highest BCUT2D eigenvalue weighted by atomic mass is 15.2. The van der Waals surface area contributed by atoms with Crippen molar-refractivity contribution in [3.05, 3.63) is 35.9 Å². The molecule has 1 aromatic carbocycles. The Bertz CT molecular complexity index is 495. The Morgan fingerprint density at radius 3 is 2.61 bits per heavy atom. The average Bonchev–Trinajstić information content (AvgIpc) is 2.96. The van der Waals surface area contributed by atoms with Gasteiger partial charge in [0.05, 0.1) is 6.54 Å². The van der Waals surface area contributed by atoms with E-state index in [4.69, 9.17) is 4.99 Å². The van der Waals surface area contributed by atoms with E-state index in [1.807, 2.05) is 0 Å². The Kier molecular flexibility index (Phi) is 6.46. The molecule has 1 aliphatic heterocycles. The summed E-state index contributed by atoms with van der Waals surface area (Å²) in [6, 6.07) is 11.3. The fourth-order valence-electron chi connectivity index (χ4n) is 3.05. The summed E-state index contributed by atoms with van der Waals surface area (Å²) in [7, 11) is 2.21. The molecule has 0 aliphatic carbocycles. The van der Waals surface area contributed by atoms with Gasteiger partial charge < -0.3 is 15.5 Å². The number of rotatable bonds is 6. The summed E-state index contributed by atoms with van der Waals surface area (Å²) in [5.74, 6) is 0.928. The van der Waals surface area contributed by atoms with Crippen LogP contribution in [0.15, 0.2) is 35.3 Å². The summed E-state index contributed by atoms with van der Waals surface area (Å²) in [6.45, 7) is 10.4. The third-order valence-corrected chi connectivity index (χ3v) is 4.71. The minimum atomic E-state index is 0.0355. The summed E-state index contributed by atoms with van der Waals surface area (Å²) in [4.78, 5) is 7.26. The van der Waals surface area contributed by atoms with Crippen molar-refractivity contribution in [1.82, 2.24) is 15.5 Å². The van der Waals surface area contributed by atoms with Gasteiger partial charge in [-0.2, -0.15) is 0 Å². The first-order valence-electron chi connectivity index (χ1n) is 8.81. The summed E-state index contributed by atoms with van der Waals surface area (Å²) in [6.07, 6.45) is 2.58. The Morgan fingerprint density at radius 2 is 2.00 bits per heavy atom. The Hall–Kier alpha value is -1.55. The average molecular weight is 316 g/mol. The Balaban J connectivity index is 1.95. The van der Waals surface area contributed by atoms with E-state index in [1.165, 1.54) is 24.9 Å². The van der Waals surface area contributed by atoms with Crippen LogP contribution in [0.4, 0.5) is 0 Å². The fraction of sp³-hybridized carbons (Fsp3) is 0.632. The molecule has 4 nitrogen and oxygen atoms in total. The molecule has 2 N–H and O–H groups in total. The van der Waals surface area contributed by atoms with Crippen molar-refractivity contribution in [2.45, 2.75) is 45.1 Å². The highest BCUT2D eigenvalue weighted by Crippen LogP contribution is 2.23. The second kappa shape index (κ2) is 8.34.